The molecule has 0 fully saturated rings. The van der Waals surface area contributed by atoms with Crippen molar-refractivity contribution in [3.8, 4) is 5.75 Å². The van der Waals surface area contributed by atoms with Crippen molar-refractivity contribution in [2.24, 2.45) is 0 Å². The third kappa shape index (κ3) is 4.72. The van der Waals surface area contributed by atoms with Crippen LogP contribution in [0.4, 0.5) is 0 Å². The van der Waals surface area contributed by atoms with Crippen LogP contribution in [0, 0.1) is 6.92 Å². The van der Waals surface area contributed by atoms with E-state index >= 15 is 0 Å². The molecule has 0 saturated heterocycles. The first-order valence-electron chi connectivity index (χ1n) is 6.86. The summed E-state index contributed by atoms with van der Waals surface area (Å²) in [6.45, 7) is 2.17. The van der Waals surface area contributed by atoms with E-state index in [9.17, 15) is 8.42 Å². The Bertz CT molecular complexity index is 750. The van der Waals surface area contributed by atoms with Gasteiger partial charge in [0.1, 0.15) is 5.75 Å². The van der Waals surface area contributed by atoms with Gasteiger partial charge in [-0.3, -0.25) is 0 Å². The van der Waals surface area contributed by atoms with Gasteiger partial charge >= 0.3 is 0 Å². The summed E-state index contributed by atoms with van der Waals surface area (Å²) in [4.78, 5) is 0. The lowest BCUT2D eigenvalue weighted by Gasteiger charge is -2.08. The van der Waals surface area contributed by atoms with E-state index in [4.69, 9.17) is 4.74 Å². The molecular formula is C17H19NO3S. The van der Waals surface area contributed by atoms with Crippen LogP contribution in [-0.4, -0.2) is 15.5 Å². The third-order valence-corrected chi connectivity index (χ3v) is 4.21. The van der Waals surface area contributed by atoms with Crippen molar-refractivity contribution < 1.29 is 13.2 Å². The van der Waals surface area contributed by atoms with Crippen LogP contribution in [-0.2, 0) is 16.6 Å². The SMILES string of the molecule is COc1ccccc1CNS(=O)(=O)/C=C/c1ccc(C)cc1. The third-order valence-electron chi connectivity index (χ3n) is 3.17. The van der Waals surface area contributed by atoms with Gasteiger partial charge < -0.3 is 4.74 Å². The van der Waals surface area contributed by atoms with Crippen molar-refractivity contribution >= 4 is 16.1 Å². The molecule has 116 valence electrons. The summed E-state index contributed by atoms with van der Waals surface area (Å²) >= 11 is 0. The molecule has 0 radical (unpaired) electrons. The number of hydrogen-bond donors (Lipinski definition) is 1. The zero-order valence-corrected chi connectivity index (χ0v) is 13.4. The van der Waals surface area contributed by atoms with Crippen LogP contribution in [0.2, 0.25) is 0 Å². The van der Waals surface area contributed by atoms with Crippen LogP contribution in [0.1, 0.15) is 16.7 Å². The molecule has 0 atom stereocenters. The molecular weight excluding hydrogens is 298 g/mol. The summed E-state index contributed by atoms with van der Waals surface area (Å²) in [6.07, 6.45) is 1.57. The molecule has 0 saturated carbocycles. The van der Waals surface area contributed by atoms with Gasteiger partial charge in [-0.15, -0.1) is 0 Å². The first-order chi connectivity index (χ1) is 10.5. The van der Waals surface area contributed by atoms with Crippen molar-refractivity contribution in [3.05, 3.63) is 70.6 Å². The number of aryl methyl sites for hydroxylation is 1. The zero-order valence-electron chi connectivity index (χ0n) is 12.6. The monoisotopic (exact) mass is 317 g/mol. The van der Waals surface area contributed by atoms with Gasteiger partial charge in [-0.1, -0.05) is 48.0 Å². The molecule has 0 spiro atoms. The van der Waals surface area contributed by atoms with Crippen LogP contribution in [0.25, 0.3) is 6.08 Å². The second-order valence-corrected chi connectivity index (χ2v) is 6.54. The summed E-state index contributed by atoms with van der Waals surface area (Å²) < 4.78 is 31.7. The minimum atomic E-state index is -3.50. The average molecular weight is 317 g/mol. The highest BCUT2D eigenvalue weighted by Crippen LogP contribution is 2.17. The molecule has 4 nitrogen and oxygen atoms in total. The van der Waals surface area contributed by atoms with Gasteiger partial charge in [-0.05, 0) is 24.6 Å². The molecule has 5 heteroatoms. The van der Waals surface area contributed by atoms with Gasteiger partial charge in [0.2, 0.25) is 10.0 Å². The summed E-state index contributed by atoms with van der Waals surface area (Å²) in [5.74, 6) is 0.660. The van der Waals surface area contributed by atoms with Crippen molar-refractivity contribution in [1.82, 2.24) is 4.72 Å². The lowest BCUT2D eigenvalue weighted by atomic mass is 10.2. The molecule has 0 unspecified atom stereocenters. The Labute approximate surface area is 131 Å². The Kier molecular flexibility index (Phi) is 5.35. The molecule has 0 bridgehead atoms. The number of methoxy groups -OCH3 is 1. The largest absolute Gasteiger partial charge is 0.496 e. The molecule has 0 aliphatic carbocycles. The lowest BCUT2D eigenvalue weighted by molar-refractivity contribution is 0.409. The standard InChI is InChI=1S/C17H19NO3S/c1-14-7-9-15(10-8-14)11-12-22(19,20)18-13-16-5-3-4-6-17(16)21-2/h3-12,18H,13H2,1-2H3/b12-11+. The topological polar surface area (TPSA) is 55.4 Å². The smallest absolute Gasteiger partial charge is 0.234 e. The minimum absolute atomic E-state index is 0.185. The van der Waals surface area contributed by atoms with E-state index in [0.717, 1.165) is 16.7 Å². The molecule has 0 amide bonds. The number of nitrogens with one attached hydrogen (secondary N) is 1. The summed E-state index contributed by atoms with van der Waals surface area (Å²) in [6, 6.07) is 14.9. The Balaban J connectivity index is 2.03. The predicted molar refractivity (Wildman–Crippen MR) is 89.0 cm³/mol. The van der Waals surface area contributed by atoms with Crippen LogP contribution < -0.4 is 9.46 Å². The van der Waals surface area contributed by atoms with E-state index in [1.54, 1.807) is 19.3 Å². The summed E-state index contributed by atoms with van der Waals surface area (Å²) in [7, 11) is -1.94. The highest BCUT2D eigenvalue weighted by molar-refractivity contribution is 7.92. The van der Waals surface area contributed by atoms with E-state index in [0.29, 0.717) is 5.75 Å². The number of hydrogen-bond acceptors (Lipinski definition) is 3. The van der Waals surface area contributed by atoms with E-state index in [1.165, 1.54) is 5.41 Å². The van der Waals surface area contributed by atoms with Crippen molar-refractivity contribution in [1.29, 1.82) is 0 Å². The van der Waals surface area contributed by atoms with E-state index in [-0.39, 0.29) is 6.54 Å². The zero-order chi connectivity index (χ0) is 16.0. The molecule has 0 aliphatic heterocycles. The number of rotatable bonds is 6. The van der Waals surface area contributed by atoms with Crippen LogP contribution in [0.3, 0.4) is 0 Å². The molecule has 2 aromatic rings. The fourth-order valence-corrected chi connectivity index (χ4v) is 2.71. The fourth-order valence-electron chi connectivity index (χ4n) is 1.92. The number of benzene rings is 2. The van der Waals surface area contributed by atoms with E-state index in [1.807, 2.05) is 49.4 Å². The van der Waals surface area contributed by atoms with Crippen LogP contribution >= 0.6 is 0 Å². The molecule has 0 aromatic heterocycles. The molecule has 2 rings (SSSR count). The van der Waals surface area contributed by atoms with Crippen molar-refractivity contribution in [2.45, 2.75) is 13.5 Å². The van der Waals surface area contributed by atoms with Gasteiger partial charge in [0.15, 0.2) is 0 Å². The average Bonchev–Trinajstić information content (AvgIpc) is 2.53. The highest BCUT2D eigenvalue weighted by Gasteiger charge is 2.07. The quantitative estimate of drug-likeness (QED) is 0.891. The van der Waals surface area contributed by atoms with Gasteiger partial charge in [-0.25, -0.2) is 13.1 Å². The summed E-state index contributed by atoms with van der Waals surface area (Å²) in [5, 5.41) is 1.17. The fraction of sp³-hybridized carbons (Fsp3) is 0.176. The van der Waals surface area contributed by atoms with Crippen molar-refractivity contribution in [3.63, 3.8) is 0 Å². The second-order valence-electron chi connectivity index (χ2n) is 4.89. The summed E-state index contributed by atoms with van der Waals surface area (Å²) in [5.41, 5.74) is 2.76. The maximum Gasteiger partial charge on any atom is 0.234 e. The van der Waals surface area contributed by atoms with E-state index < -0.39 is 10.0 Å². The first kappa shape index (κ1) is 16.3. The number of ether oxygens (including phenoxy) is 1. The Morgan fingerprint density at radius 2 is 1.77 bits per heavy atom. The van der Waals surface area contributed by atoms with Gasteiger partial charge in [0, 0.05) is 17.5 Å². The predicted octanol–water partition coefficient (Wildman–Crippen LogP) is 3.09. The molecule has 0 aliphatic rings. The maximum atomic E-state index is 12.0. The van der Waals surface area contributed by atoms with E-state index in [2.05, 4.69) is 4.72 Å². The molecule has 2 aromatic carbocycles. The Morgan fingerprint density at radius 3 is 2.45 bits per heavy atom. The normalized spacial score (nSPS) is 11.7. The Hall–Kier alpha value is -2.11. The van der Waals surface area contributed by atoms with Crippen molar-refractivity contribution in [2.75, 3.05) is 7.11 Å². The van der Waals surface area contributed by atoms with Crippen LogP contribution in [0.5, 0.6) is 5.75 Å². The van der Waals surface area contributed by atoms with Gasteiger partial charge in [0.25, 0.3) is 0 Å². The second kappa shape index (κ2) is 7.24. The lowest BCUT2D eigenvalue weighted by Crippen LogP contribution is -2.20. The Morgan fingerprint density at radius 1 is 1.09 bits per heavy atom. The minimum Gasteiger partial charge on any atom is -0.496 e. The highest BCUT2D eigenvalue weighted by atomic mass is 32.2. The molecule has 0 heterocycles. The molecule has 1 N–H and O–H groups in total. The van der Waals surface area contributed by atoms with Gasteiger partial charge in [-0.2, -0.15) is 0 Å². The first-order valence-corrected chi connectivity index (χ1v) is 8.41. The molecule has 22 heavy (non-hydrogen) atoms. The number of para-hydroxylation sites is 1. The van der Waals surface area contributed by atoms with Crippen LogP contribution in [0.15, 0.2) is 53.9 Å². The maximum absolute atomic E-state index is 12.0. The number of sulfonamides is 1. The van der Waals surface area contributed by atoms with Gasteiger partial charge in [0.05, 0.1) is 7.11 Å².